The topological polar surface area (TPSA) is 17.1 Å². The van der Waals surface area contributed by atoms with Crippen molar-refractivity contribution in [2.24, 2.45) is 0 Å². The van der Waals surface area contributed by atoms with Gasteiger partial charge < -0.3 is 0 Å². The highest BCUT2D eigenvalue weighted by Gasteiger charge is 2.09. The molecule has 0 aromatic heterocycles. The third-order valence-electron chi connectivity index (χ3n) is 1.89. The van der Waals surface area contributed by atoms with E-state index in [-0.39, 0.29) is 11.4 Å². The van der Waals surface area contributed by atoms with Crippen LogP contribution in [0.4, 0.5) is 4.39 Å². The molecule has 0 aliphatic carbocycles. The van der Waals surface area contributed by atoms with Gasteiger partial charge in [-0.15, -0.1) is 0 Å². The molecule has 0 amide bonds. The molecule has 0 fully saturated rings. The van der Waals surface area contributed by atoms with E-state index in [4.69, 9.17) is 0 Å². The first-order valence-electron chi connectivity index (χ1n) is 4.05. The zero-order chi connectivity index (χ0) is 9.84. The van der Waals surface area contributed by atoms with Crippen molar-refractivity contribution >= 4 is 5.78 Å². The second kappa shape index (κ2) is 3.99. The summed E-state index contributed by atoms with van der Waals surface area (Å²) in [5, 5.41) is 0. The second-order valence-electron chi connectivity index (χ2n) is 2.85. The Morgan fingerprint density at radius 3 is 2.15 bits per heavy atom. The highest BCUT2D eigenvalue weighted by atomic mass is 19.1. The molecule has 0 atom stereocenters. The Morgan fingerprint density at radius 2 is 1.69 bits per heavy atom. The highest BCUT2D eigenvalue weighted by molar-refractivity contribution is 6.08. The van der Waals surface area contributed by atoms with E-state index in [1.165, 1.54) is 13.8 Å². The van der Waals surface area contributed by atoms with Crippen LogP contribution in [-0.2, 0) is 0 Å². The lowest BCUT2D eigenvalue weighted by Gasteiger charge is -2.00. The summed E-state index contributed by atoms with van der Waals surface area (Å²) < 4.78 is 12.7. The van der Waals surface area contributed by atoms with Gasteiger partial charge in [-0.05, 0) is 13.8 Å². The van der Waals surface area contributed by atoms with Crippen LogP contribution in [0.1, 0.15) is 24.2 Å². The summed E-state index contributed by atoms with van der Waals surface area (Å²) in [6.07, 6.45) is 0. The maximum Gasteiger partial charge on any atom is 0.191 e. The van der Waals surface area contributed by atoms with Gasteiger partial charge in [-0.1, -0.05) is 30.3 Å². The minimum Gasteiger partial charge on any atom is -0.289 e. The van der Waals surface area contributed by atoms with E-state index >= 15 is 0 Å². The fourth-order valence-corrected chi connectivity index (χ4v) is 0.962. The van der Waals surface area contributed by atoms with Crippen molar-refractivity contribution in [3.63, 3.8) is 0 Å². The summed E-state index contributed by atoms with van der Waals surface area (Å²) >= 11 is 0. The summed E-state index contributed by atoms with van der Waals surface area (Å²) in [5.41, 5.74) is 0.697. The van der Waals surface area contributed by atoms with Crippen molar-refractivity contribution in [1.29, 1.82) is 0 Å². The van der Waals surface area contributed by atoms with Crippen molar-refractivity contribution in [3.05, 3.63) is 47.3 Å². The first-order valence-corrected chi connectivity index (χ1v) is 4.05. The van der Waals surface area contributed by atoms with Crippen molar-refractivity contribution in [2.75, 3.05) is 0 Å². The van der Waals surface area contributed by atoms with E-state index in [0.717, 1.165) is 0 Å². The SMILES string of the molecule is C/C(F)=C(/C)C(=O)c1ccccc1. The van der Waals surface area contributed by atoms with Crippen LogP contribution in [0.25, 0.3) is 0 Å². The maximum absolute atomic E-state index is 12.7. The third kappa shape index (κ3) is 2.25. The number of halogens is 1. The van der Waals surface area contributed by atoms with E-state index in [9.17, 15) is 9.18 Å². The van der Waals surface area contributed by atoms with Gasteiger partial charge in [0.05, 0.1) is 0 Å². The van der Waals surface area contributed by atoms with Gasteiger partial charge in [0.2, 0.25) is 0 Å². The van der Waals surface area contributed by atoms with Gasteiger partial charge in [0.15, 0.2) is 5.78 Å². The number of allylic oxidation sites excluding steroid dienone is 2. The number of benzene rings is 1. The van der Waals surface area contributed by atoms with Crippen molar-refractivity contribution in [1.82, 2.24) is 0 Å². The lowest BCUT2D eigenvalue weighted by Crippen LogP contribution is -2.01. The molecule has 0 saturated carbocycles. The molecule has 0 saturated heterocycles. The molecule has 0 heterocycles. The van der Waals surface area contributed by atoms with Gasteiger partial charge in [0.1, 0.15) is 5.83 Å². The van der Waals surface area contributed by atoms with Crippen LogP contribution in [0.3, 0.4) is 0 Å². The number of ketones is 1. The van der Waals surface area contributed by atoms with E-state index in [1.807, 2.05) is 6.07 Å². The van der Waals surface area contributed by atoms with Crippen molar-refractivity contribution in [2.45, 2.75) is 13.8 Å². The molecule has 0 radical (unpaired) electrons. The molecule has 0 spiro atoms. The molecule has 1 nitrogen and oxygen atoms in total. The number of hydrogen-bond acceptors (Lipinski definition) is 1. The Hall–Kier alpha value is -1.44. The van der Waals surface area contributed by atoms with Gasteiger partial charge >= 0.3 is 0 Å². The molecule has 0 N–H and O–H groups in total. The van der Waals surface area contributed by atoms with Gasteiger partial charge in [-0.2, -0.15) is 0 Å². The molecule has 0 aliphatic rings. The standard InChI is InChI=1S/C11H11FO/c1-8(9(2)12)11(13)10-6-4-3-5-7-10/h3-7H,1-2H3/b9-8+. The largest absolute Gasteiger partial charge is 0.289 e. The number of Topliss-reactive ketones (excluding diaryl/α,β-unsaturated/α-hetero) is 1. The van der Waals surface area contributed by atoms with E-state index in [0.29, 0.717) is 5.56 Å². The van der Waals surface area contributed by atoms with E-state index in [2.05, 4.69) is 0 Å². The number of hydrogen-bond donors (Lipinski definition) is 0. The zero-order valence-electron chi connectivity index (χ0n) is 7.67. The van der Waals surface area contributed by atoms with Gasteiger partial charge in [-0.3, -0.25) is 4.79 Å². The van der Waals surface area contributed by atoms with Crippen LogP contribution in [0, 0.1) is 0 Å². The molecule has 1 rings (SSSR count). The predicted molar refractivity (Wildman–Crippen MR) is 50.3 cm³/mol. The normalized spacial score (nSPS) is 12.2. The molecule has 2 heteroatoms. The van der Waals surface area contributed by atoms with Gasteiger partial charge in [0, 0.05) is 11.1 Å². The number of carbonyl (C=O) groups excluding carboxylic acids is 1. The Balaban J connectivity index is 3.00. The van der Waals surface area contributed by atoms with Crippen LogP contribution in [0.15, 0.2) is 41.7 Å². The average molecular weight is 178 g/mol. The zero-order valence-corrected chi connectivity index (χ0v) is 7.67. The molecule has 0 unspecified atom stereocenters. The highest BCUT2D eigenvalue weighted by Crippen LogP contribution is 2.12. The van der Waals surface area contributed by atoms with E-state index in [1.54, 1.807) is 24.3 Å². The second-order valence-corrected chi connectivity index (χ2v) is 2.85. The first kappa shape index (κ1) is 9.65. The quantitative estimate of drug-likeness (QED) is 0.502. The molecule has 0 aliphatic heterocycles. The monoisotopic (exact) mass is 178 g/mol. The predicted octanol–water partition coefficient (Wildman–Crippen LogP) is 3.13. The maximum atomic E-state index is 12.7. The summed E-state index contributed by atoms with van der Waals surface area (Å²) in [5.74, 6) is -0.672. The molecule has 68 valence electrons. The van der Waals surface area contributed by atoms with Crippen LogP contribution in [0.2, 0.25) is 0 Å². The fourth-order valence-electron chi connectivity index (χ4n) is 0.962. The lowest BCUT2D eigenvalue weighted by molar-refractivity contribution is 0.103. The molecule has 13 heavy (non-hydrogen) atoms. The summed E-state index contributed by atoms with van der Waals surface area (Å²) in [6.45, 7) is 2.78. The van der Waals surface area contributed by atoms with Crippen LogP contribution in [0.5, 0.6) is 0 Å². The summed E-state index contributed by atoms with van der Waals surface area (Å²) in [7, 11) is 0. The average Bonchev–Trinajstić information content (AvgIpc) is 2.17. The Labute approximate surface area is 76.9 Å². The van der Waals surface area contributed by atoms with Crippen LogP contribution in [-0.4, -0.2) is 5.78 Å². The Morgan fingerprint density at radius 1 is 1.15 bits per heavy atom. The molecular weight excluding hydrogens is 167 g/mol. The fraction of sp³-hybridized carbons (Fsp3) is 0.182. The molecule has 0 bridgehead atoms. The van der Waals surface area contributed by atoms with Crippen LogP contribution < -0.4 is 0 Å². The smallest absolute Gasteiger partial charge is 0.191 e. The lowest BCUT2D eigenvalue weighted by atomic mass is 10.0. The molecular formula is C11H11FO. The molecule has 1 aromatic carbocycles. The van der Waals surface area contributed by atoms with Crippen molar-refractivity contribution < 1.29 is 9.18 Å². The summed E-state index contributed by atoms with van der Waals surface area (Å²) in [6, 6.07) is 8.68. The summed E-state index contributed by atoms with van der Waals surface area (Å²) in [4.78, 5) is 11.5. The molecule has 1 aromatic rings. The minimum atomic E-state index is -0.422. The van der Waals surface area contributed by atoms with Gasteiger partial charge in [-0.25, -0.2) is 4.39 Å². The Bertz CT molecular complexity index is 334. The third-order valence-corrected chi connectivity index (χ3v) is 1.89. The first-order chi connectivity index (χ1) is 6.13. The van der Waals surface area contributed by atoms with Crippen molar-refractivity contribution in [3.8, 4) is 0 Å². The number of rotatable bonds is 2. The van der Waals surface area contributed by atoms with E-state index < -0.39 is 5.83 Å². The minimum absolute atomic E-state index is 0.172. The van der Waals surface area contributed by atoms with Crippen LogP contribution >= 0.6 is 0 Å². The Kier molecular flexibility index (Phi) is 2.96. The number of carbonyl (C=O) groups is 1. The van der Waals surface area contributed by atoms with Gasteiger partial charge in [0.25, 0.3) is 0 Å².